The molecule has 1 fully saturated rings. The van der Waals surface area contributed by atoms with E-state index in [0.29, 0.717) is 26.2 Å². The van der Waals surface area contributed by atoms with E-state index in [2.05, 4.69) is 15.0 Å². The maximum absolute atomic E-state index is 12.5. The first-order valence-electron chi connectivity index (χ1n) is 9.25. The van der Waals surface area contributed by atoms with Crippen molar-refractivity contribution < 1.29 is 13.9 Å². The number of rotatable bonds is 7. The van der Waals surface area contributed by atoms with Gasteiger partial charge in [-0.1, -0.05) is 0 Å². The summed E-state index contributed by atoms with van der Waals surface area (Å²) in [6, 6.07) is -0.0344. The number of aromatic nitrogens is 3. The Morgan fingerprint density at radius 1 is 1.46 bits per heavy atom. The van der Waals surface area contributed by atoms with Crippen LogP contribution in [0.15, 0.2) is 17.1 Å². The van der Waals surface area contributed by atoms with Crippen LogP contribution in [0.4, 0.5) is 4.79 Å². The maximum atomic E-state index is 12.5. The molecule has 0 bridgehead atoms. The first kappa shape index (κ1) is 17.1. The van der Waals surface area contributed by atoms with Crippen molar-refractivity contribution >= 4 is 6.03 Å². The van der Waals surface area contributed by atoms with Gasteiger partial charge in [0.05, 0.1) is 6.54 Å². The number of methoxy groups -OCH3 is 1. The van der Waals surface area contributed by atoms with Gasteiger partial charge in [0.15, 0.2) is 6.39 Å². The second-order valence-corrected chi connectivity index (χ2v) is 7.02. The zero-order valence-electron chi connectivity index (χ0n) is 15.1. The van der Waals surface area contributed by atoms with E-state index in [-0.39, 0.29) is 6.03 Å². The molecule has 2 aliphatic rings. The fourth-order valence-corrected chi connectivity index (χ4v) is 3.42. The average molecular weight is 359 g/mol. The highest BCUT2D eigenvalue weighted by molar-refractivity contribution is 5.75. The van der Waals surface area contributed by atoms with Crippen LogP contribution >= 0.6 is 0 Å². The predicted octanol–water partition coefficient (Wildman–Crippen LogP) is 2.05. The van der Waals surface area contributed by atoms with Crippen LogP contribution in [-0.4, -0.2) is 52.5 Å². The van der Waals surface area contributed by atoms with E-state index in [9.17, 15) is 4.79 Å². The number of nitrogens with zero attached hydrogens (tertiary/aromatic N) is 4. The summed E-state index contributed by atoms with van der Waals surface area (Å²) in [5.41, 5.74) is 3.90. The lowest BCUT2D eigenvalue weighted by Gasteiger charge is -2.28. The number of carbonyl (C=O) groups excluding carboxylic acids is 1. The molecular weight excluding hydrogens is 334 g/mol. The van der Waals surface area contributed by atoms with E-state index in [1.54, 1.807) is 13.4 Å². The number of urea groups is 1. The molecule has 3 heterocycles. The Morgan fingerprint density at radius 3 is 3.08 bits per heavy atom. The van der Waals surface area contributed by atoms with E-state index in [0.717, 1.165) is 42.3 Å². The van der Waals surface area contributed by atoms with Crippen molar-refractivity contribution in [3.63, 3.8) is 0 Å². The van der Waals surface area contributed by atoms with Gasteiger partial charge in [0.2, 0.25) is 0 Å². The van der Waals surface area contributed by atoms with E-state index in [1.165, 1.54) is 24.9 Å². The van der Waals surface area contributed by atoms with Gasteiger partial charge in [-0.15, -0.1) is 0 Å². The fourth-order valence-electron chi connectivity index (χ4n) is 3.42. The summed E-state index contributed by atoms with van der Waals surface area (Å²) in [7, 11) is 1.67. The van der Waals surface area contributed by atoms with Crippen molar-refractivity contribution in [2.45, 2.75) is 38.8 Å². The number of oxazole rings is 1. The summed E-state index contributed by atoms with van der Waals surface area (Å²) in [5.74, 6) is 0.742. The summed E-state index contributed by atoms with van der Waals surface area (Å²) in [6.45, 7) is 3.49. The Hall–Kier alpha value is -2.35. The van der Waals surface area contributed by atoms with Crippen LogP contribution < -0.4 is 5.32 Å². The second-order valence-electron chi connectivity index (χ2n) is 7.02. The molecule has 0 aromatic carbocycles. The molecule has 2 aromatic heterocycles. The molecule has 0 spiro atoms. The summed E-state index contributed by atoms with van der Waals surface area (Å²) in [5, 5.41) is 7.78. The second kappa shape index (κ2) is 7.49. The number of hydrogen-bond donors (Lipinski definition) is 1. The first-order valence-corrected chi connectivity index (χ1v) is 9.25. The Bertz CT molecular complexity index is 751. The molecule has 0 saturated heterocycles. The summed E-state index contributed by atoms with van der Waals surface area (Å²) < 4.78 is 12.3. The summed E-state index contributed by atoms with van der Waals surface area (Å²) >= 11 is 0. The van der Waals surface area contributed by atoms with Crippen LogP contribution in [0.5, 0.6) is 0 Å². The van der Waals surface area contributed by atoms with Gasteiger partial charge in [-0.2, -0.15) is 5.10 Å². The molecule has 1 saturated carbocycles. The first-order chi connectivity index (χ1) is 12.8. The number of ether oxygens (including phenoxy) is 1. The van der Waals surface area contributed by atoms with Gasteiger partial charge >= 0.3 is 6.03 Å². The number of hydrogen-bond acceptors (Lipinski definition) is 5. The van der Waals surface area contributed by atoms with Crippen LogP contribution in [0.1, 0.15) is 30.5 Å². The lowest BCUT2D eigenvalue weighted by Crippen LogP contribution is -2.43. The highest BCUT2D eigenvalue weighted by atomic mass is 16.5. The predicted molar refractivity (Wildman–Crippen MR) is 94.5 cm³/mol. The van der Waals surface area contributed by atoms with Crippen molar-refractivity contribution in [2.75, 3.05) is 26.8 Å². The zero-order valence-corrected chi connectivity index (χ0v) is 15.1. The minimum absolute atomic E-state index is 0.0344. The molecule has 1 N–H and O–H groups in total. The van der Waals surface area contributed by atoms with Crippen molar-refractivity contribution in [1.82, 2.24) is 25.0 Å². The van der Waals surface area contributed by atoms with E-state index in [4.69, 9.17) is 14.3 Å². The molecule has 1 aliphatic heterocycles. The topological polar surface area (TPSA) is 85.4 Å². The number of nitrogens with one attached hydrogen (secondary N) is 1. The van der Waals surface area contributed by atoms with Crippen molar-refractivity contribution in [1.29, 1.82) is 0 Å². The molecule has 0 radical (unpaired) electrons. The van der Waals surface area contributed by atoms with E-state index in [1.807, 2.05) is 4.90 Å². The largest absolute Gasteiger partial charge is 0.451 e. The van der Waals surface area contributed by atoms with E-state index < -0.39 is 0 Å². The third-order valence-corrected chi connectivity index (χ3v) is 5.03. The molecule has 2 amide bonds. The lowest BCUT2D eigenvalue weighted by atomic mass is 10.0. The van der Waals surface area contributed by atoms with Gasteiger partial charge in [0, 0.05) is 51.0 Å². The highest BCUT2D eigenvalue weighted by Crippen LogP contribution is 2.34. The van der Waals surface area contributed by atoms with Gasteiger partial charge in [0.1, 0.15) is 17.7 Å². The monoisotopic (exact) mass is 359 g/mol. The van der Waals surface area contributed by atoms with Gasteiger partial charge in [-0.25, -0.2) is 9.78 Å². The van der Waals surface area contributed by atoms with Crippen LogP contribution in [0.25, 0.3) is 11.4 Å². The zero-order chi connectivity index (χ0) is 17.9. The maximum Gasteiger partial charge on any atom is 0.317 e. The third-order valence-electron chi connectivity index (χ3n) is 5.03. The van der Waals surface area contributed by atoms with Crippen LogP contribution in [0.3, 0.4) is 0 Å². The van der Waals surface area contributed by atoms with Crippen LogP contribution in [-0.2, 0) is 24.2 Å². The van der Waals surface area contributed by atoms with Gasteiger partial charge in [0.25, 0.3) is 0 Å². The van der Waals surface area contributed by atoms with Crippen LogP contribution in [0.2, 0.25) is 0 Å². The van der Waals surface area contributed by atoms with Crippen molar-refractivity contribution in [3.8, 4) is 11.4 Å². The lowest BCUT2D eigenvalue weighted by molar-refractivity contribution is 0.181. The van der Waals surface area contributed by atoms with E-state index >= 15 is 0 Å². The Kier molecular flexibility index (Phi) is 4.92. The van der Waals surface area contributed by atoms with Crippen LogP contribution in [0, 0.1) is 5.92 Å². The van der Waals surface area contributed by atoms with Gasteiger partial charge in [-0.05, 0) is 25.2 Å². The van der Waals surface area contributed by atoms with Crippen molar-refractivity contribution in [3.05, 3.63) is 23.9 Å². The molecule has 1 aliphatic carbocycles. The Morgan fingerprint density at radius 2 is 2.35 bits per heavy atom. The molecule has 8 heteroatoms. The number of carbonyl (C=O) groups is 1. The molecule has 140 valence electrons. The van der Waals surface area contributed by atoms with Gasteiger partial charge in [-0.3, -0.25) is 4.68 Å². The highest BCUT2D eigenvalue weighted by Gasteiger charge is 2.31. The summed E-state index contributed by atoms with van der Waals surface area (Å²) in [6.07, 6.45) is 7.23. The quantitative estimate of drug-likeness (QED) is 0.765. The number of amides is 2. The standard InChI is InChI=1S/C18H25N5O3/c1-25-8-2-6-19-18(24)22-7-5-16-14(10-22)17(15-11-26-12-20-15)21-23(16)9-13-3-4-13/h11-13H,2-10H2,1H3,(H,19,24). The molecule has 0 unspecified atom stereocenters. The molecule has 26 heavy (non-hydrogen) atoms. The smallest absolute Gasteiger partial charge is 0.317 e. The molecule has 0 atom stereocenters. The molecular formula is C18H25N5O3. The molecule has 2 aromatic rings. The normalized spacial score (nSPS) is 16.6. The Labute approximate surface area is 152 Å². The Balaban J connectivity index is 1.51. The third kappa shape index (κ3) is 3.60. The number of fused-ring (bicyclic) bond motifs is 1. The molecule has 8 nitrogen and oxygen atoms in total. The fraction of sp³-hybridized carbons (Fsp3) is 0.611. The average Bonchev–Trinajstić information content (AvgIpc) is 3.17. The van der Waals surface area contributed by atoms with Crippen molar-refractivity contribution in [2.24, 2.45) is 5.92 Å². The SMILES string of the molecule is COCCCNC(=O)N1CCc2c(c(-c3cocn3)nn2CC2CC2)C1. The summed E-state index contributed by atoms with van der Waals surface area (Å²) in [4.78, 5) is 18.6. The minimum Gasteiger partial charge on any atom is -0.451 e. The molecule has 4 rings (SSSR count). The minimum atomic E-state index is -0.0344. The van der Waals surface area contributed by atoms with Gasteiger partial charge < -0.3 is 19.4 Å².